The van der Waals surface area contributed by atoms with Gasteiger partial charge in [-0.25, -0.2) is 0 Å². The summed E-state index contributed by atoms with van der Waals surface area (Å²) in [5.41, 5.74) is 2.72. The summed E-state index contributed by atoms with van der Waals surface area (Å²) in [5.74, 6) is 0. The van der Waals surface area contributed by atoms with Crippen molar-refractivity contribution in [1.29, 1.82) is 0 Å². The molecule has 0 aliphatic rings. The minimum atomic E-state index is 0.512. The van der Waals surface area contributed by atoms with E-state index in [2.05, 4.69) is 69.3 Å². The summed E-state index contributed by atoms with van der Waals surface area (Å²) in [5, 5.41) is 0. The molecule has 0 saturated heterocycles. The molecule has 0 spiro atoms. The average molecular weight is 370 g/mol. The SMILES string of the molecule is c1ccc(CN[Se][Se]NCc2ccccc2)cc1. The van der Waals surface area contributed by atoms with Crippen molar-refractivity contribution in [3.63, 3.8) is 0 Å². The molecule has 0 saturated carbocycles. The van der Waals surface area contributed by atoms with Crippen molar-refractivity contribution in [1.82, 2.24) is 8.67 Å². The number of hydrogen-bond donors (Lipinski definition) is 2. The van der Waals surface area contributed by atoms with Crippen LogP contribution in [0.4, 0.5) is 0 Å². The van der Waals surface area contributed by atoms with Crippen LogP contribution in [-0.4, -0.2) is 26.7 Å². The van der Waals surface area contributed by atoms with E-state index in [0.29, 0.717) is 26.7 Å². The Morgan fingerprint density at radius 3 is 1.39 bits per heavy atom. The Hall–Kier alpha value is -0.601. The van der Waals surface area contributed by atoms with Crippen LogP contribution in [0, 0.1) is 0 Å². The summed E-state index contributed by atoms with van der Waals surface area (Å²) in [6, 6.07) is 21.1. The van der Waals surface area contributed by atoms with Crippen LogP contribution >= 0.6 is 0 Å². The van der Waals surface area contributed by atoms with Gasteiger partial charge in [0.25, 0.3) is 0 Å². The molecule has 94 valence electrons. The van der Waals surface area contributed by atoms with Gasteiger partial charge in [-0.1, -0.05) is 0 Å². The van der Waals surface area contributed by atoms with Gasteiger partial charge in [0.15, 0.2) is 0 Å². The van der Waals surface area contributed by atoms with E-state index in [1.807, 2.05) is 0 Å². The molecular weight excluding hydrogens is 354 g/mol. The Bertz CT molecular complexity index is 391. The predicted molar refractivity (Wildman–Crippen MR) is 78.1 cm³/mol. The fraction of sp³-hybridized carbons (Fsp3) is 0.143. The van der Waals surface area contributed by atoms with E-state index in [1.54, 1.807) is 0 Å². The van der Waals surface area contributed by atoms with Crippen LogP contribution in [0.3, 0.4) is 0 Å². The summed E-state index contributed by atoms with van der Waals surface area (Å²) in [6.45, 7) is 1.96. The quantitative estimate of drug-likeness (QED) is 0.573. The summed E-state index contributed by atoms with van der Waals surface area (Å²) in [4.78, 5) is 0. The van der Waals surface area contributed by atoms with Crippen LogP contribution in [0.2, 0.25) is 0 Å². The van der Waals surface area contributed by atoms with Crippen LogP contribution in [0.25, 0.3) is 0 Å². The molecular formula is C14H16N2Se2. The Morgan fingerprint density at radius 1 is 0.611 bits per heavy atom. The monoisotopic (exact) mass is 372 g/mol. The van der Waals surface area contributed by atoms with Gasteiger partial charge in [0.1, 0.15) is 0 Å². The minimum absolute atomic E-state index is 0.512. The number of hydrogen-bond acceptors (Lipinski definition) is 2. The first-order valence-electron chi connectivity index (χ1n) is 5.81. The molecule has 0 radical (unpaired) electrons. The molecule has 0 aliphatic carbocycles. The third-order valence-corrected chi connectivity index (χ3v) is 7.15. The second-order valence-electron chi connectivity index (χ2n) is 3.78. The number of rotatable bonds is 7. The van der Waals surface area contributed by atoms with Crippen molar-refractivity contribution >= 4 is 26.7 Å². The topological polar surface area (TPSA) is 24.1 Å². The van der Waals surface area contributed by atoms with Gasteiger partial charge in [-0.2, -0.15) is 0 Å². The summed E-state index contributed by atoms with van der Waals surface area (Å²) >= 11 is 1.02. The van der Waals surface area contributed by atoms with Gasteiger partial charge in [0.05, 0.1) is 0 Å². The van der Waals surface area contributed by atoms with Crippen LogP contribution in [0.5, 0.6) is 0 Å². The molecule has 2 aromatic rings. The van der Waals surface area contributed by atoms with Crippen molar-refractivity contribution < 1.29 is 0 Å². The van der Waals surface area contributed by atoms with Crippen molar-refractivity contribution in [3.8, 4) is 0 Å². The predicted octanol–water partition coefficient (Wildman–Crippen LogP) is 1.72. The molecule has 0 aromatic heterocycles. The maximum absolute atomic E-state index is 3.52. The van der Waals surface area contributed by atoms with Crippen LogP contribution < -0.4 is 8.67 Å². The van der Waals surface area contributed by atoms with Crippen LogP contribution in [-0.2, 0) is 13.1 Å². The van der Waals surface area contributed by atoms with E-state index in [4.69, 9.17) is 0 Å². The van der Waals surface area contributed by atoms with Gasteiger partial charge in [-0.3, -0.25) is 0 Å². The normalized spacial score (nSPS) is 10.4. The van der Waals surface area contributed by atoms with E-state index in [1.165, 1.54) is 11.1 Å². The zero-order valence-corrected chi connectivity index (χ0v) is 13.4. The molecule has 2 aromatic carbocycles. The van der Waals surface area contributed by atoms with E-state index in [-0.39, 0.29) is 0 Å². The first-order valence-corrected chi connectivity index (χ1v) is 11.9. The van der Waals surface area contributed by atoms with E-state index in [9.17, 15) is 0 Å². The zero-order chi connectivity index (χ0) is 12.5. The van der Waals surface area contributed by atoms with Crippen molar-refractivity contribution in [3.05, 3.63) is 71.8 Å². The molecule has 0 bridgehead atoms. The third kappa shape index (κ3) is 5.36. The maximum atomic E-state index is 3.52. The second kappa shape index (κ2) is 8.49. The molecule has 4 heteroatoms. The van der Waals surface area contributed by atoms with Crippen molar-refractivity contribution in [2.45, 2.75) is 13.1 Å². The molecule has 2 nitrogen and oxygen atoms in total. The first-order chi connectivity index (χ1) is 8.95. The molecule has 0 atom stereocenters. The number of nitrogens with one attached hydrogen (secondary N) is 2. The summed E-state index contributed by atoms with van der Waals surface area (Å²) in [7, 11) is 0. The van der Waals surface area contributed by atoms with E-state index in [0.717, 1.165) is 13.1 Å². The number of benzene rings is 2. The van der Waals surface area contributed by atoms with Crippen LogP contribution in [0.15, 0.2) is 60.7 Å². The average Bonchev–Trinajstić information content (AvgIpc) is 2.45. The van der Waals surface area contributed by atoms with Gasteiger partial charge >= 0.3 is 120 Å². The van der Waals surface area contributed by atoms with Gasteiger partial charge in [0.2, 0.25) is 0 Å². The first kappa shape index (κ1) is 13.8. The van der Waals surface area contributed by atoms with E-state index >= 15 is 0 Å². The fourth-order valence-corrected chi connectivity index (χ4v) is 5.24. The van der Waals surface area contributed by atoms with Crippen molar-refractivity contribution in [2.75, 3.05) is 0 Å². The summed E-state index contributed by atoms with van der Waals surface area (Å²) < 4.78 is 7.03. The summed E-state index contributed by atoms with van der Waals surface area (Å²) in [6.07, 6.45) is 0. The molecule has 18 heavy (non-hydrogen) atoms. The molecule has 0 unspecified atom stereocenters. The van der Waals surface area contributed by atoms with Gasteiger partial charge in [0, 0.05) is 0 Å². The Morgan fingerprint density at radius 2 is 1.00 bits per heavy atom. The van der Waals surface area contributed by atoms with E-state index < -0.39 is 0 Å². The zero-order valence-electron chi connectivity index (χ0n) is 10.0. The third-order valence-electron chi connectivity index (χ3n) is 2.40. The Balaban J connectivity index is 1.54. The van der Waals surface area contributed by atoms with Crippen LogP contribution in [0.1, 0.15) is 11.1 Å². The molecule has 0 heterocycles. The van der Waals surface area contributed by atoms with Gasteiger partial charge in [-0.05, 0) is 0 Å². The molecule has 0 amide bonds. The molecule has 2 rings (SSSR count). The standard InChI is InChI=1S/C14H16N2Se2/c1-3-7-13(8-4-1)11-15-17-18-16-12-14-9-5-2-6-10-14/h1-10,15-16H,11-12H2. The van der Waals surface area contributed by atoms with Gasteiger partial charge in [-0.15, -0.1) is 0 Å². The Kier molecular flexibility index (Phi) is 6.52. The Labute approximate surface area is 120 Å². The van der Waals surface area contributed by atoms with Crippen molar-refractivity contribution in [2.24, 2.45) is 0 Å². The second-order valence-corrected chi connectivity index (χ2v) is 9.32. The molecule has 2 N–H and O–H groups in total. The molecule has 0 aliphatic heterocycles. The molecule has 0 fully saturated rings. The fourth-order valence-electron chi connectivity index (χ4n) is 1.48. The van der Waals surface area contributed by atoms with Gasteiger partial charge < -0.3 is 0 Å².